The SMILES string of the molecule is CC(C)CC(C)Oc1cncc(N)c1. The fourth-order valence-corrected chi connectivity index (χ4v) is 1.44. The van der Waals surface area contributed by atoms with Gasteiger partial charge >= 0.3 is 0 Å². The number of anilines is 1. The third-order valence-electron chi connectivity index (χ3n) is 1.87. The van der Waals surface area contributed by atoms with Crippen LogP contribution < -0.4 is 10.5 Å². The second kappa shape index (κ2) is 4.84. The van der Waals surface area contributed by atoms with E-state index < -0.39 is 0 Å². The molecule has 0 aliphatic carbocycles. The van der Waals surface area contributed by atoms with E-state index in [9.17, 15) is 0 Å². The van der Waals surface area contributed by atoms with Gasteiger partial charge in [0.1, 0.15) is 5.75 Å². The Hall–Kier alpha value is -1.25. The maximum atomic E-state index is 5.66. The van der Waals surface area contributed by atoms with Crippen molar-refractivity contribution >= 4 is 5.69 Å². The van der Waals surface area contributed by atoms with Crippen LogP contribution in [0, 0.1) is 5.92 Å². The predicted octanol–water partition coefficient (Wildman–Crippen LogP) is 2.48. The summed E-state index contributed by atoms with van der Waals surface area (Å²) >= 11 is 0. The van der Waals surface area contributed by atoms with E-state index in [0.717, 1.165) is 12.2 Å². The number of ether oxygens (including phenoxy) is 1. The maximum absolute atomic E-state index is 5.66. The van der Waals surface area contributed by atoms with Crippen molar-refractivity contribution in [3.8, 4) is 5.75 Å². The lowest BCUT2D eigenvalue weighted by Gasteiger charge is -2.16. The number of aromatic nitrogens is 1. The first-order chi connectivity index (χ1) is 6.58. The standard InChI is InChI=1S/C11H18N2O/c1-8(2)4-9(3)14-11-5-10(12)6-13-7-11/h5-9H,4,12H2,1-3H3. The van der Waals surface area contributed by atoms with Crippen molar-refractivity contribution in [2.75, 3.05) is 5.73 Å². The number of nitrogens with zero attached hydrogens (tertiary/aromatic N) is 1. The van der Waals surface area contributed by atoms with Gasteiger partial charge in [-0.15, -0.1) is 0 Å². The Kier molecular flexibility index (Phi) is 3.74. The summed E-state index contributed by atoms with van der Waals surface area (Å²) in [6, 6.07) is 1.80. The summed E-state index contributed by atoms with van der Waals surface area (Å²) < 4.78 is 5.66. The zero-order chi connectivity index (χ0) is 10.6. The van der Waals surface area contributed by atoms with Gasteiger partial charge in [0, 0.05) is 6.07 Å². The molecule has 0 spiro atoms. The number of nitrogen functional groups attached to an aromatic ring is 1. The Morgan fingerprint density at radius 1 is 1.36 bits per heavy atom. The van der Waals surface area contributed by atoms with Gasteiger partial charge in [0.15, 0.2) is 0 Å². The number of pyridine rings is 1. The van der Waals surface area contributed by atoms with E-state index in [4.69, 9.17) is 10.5 Å². The lowest BCUT2D eigenvalue weighted by atomic mass is 10.1. The molecule has 0 aliphatic rings. The largest absolute Gasteiger partial charge is 0.489 e. The second-order valence-corrected chi connectivity index (χ2v) is 4.01. The van der Waals surface area contributed by atoms with Gasteiger partial charge in [-0.2, -0.15) is 0 Å². The normalized spacial score (nSPS) is 12.9. The van der Waals surface area contributed by atoms with Crippen molar-refractivity contribution in [1.82, 2.24) is 4.98 Å². The Labute approximate surface area is 85.3 Å². The monoisotopic (exact) mass is 194 g/mol. The van der Waals surface area contributed by atoms with Crippen LogP contribution in [0.4, 0.5) is 5.69 Å². The van der Waals surface area contributed by atoms with E-state index in [2.05, 4.69) is 25.8 Å². The average molecular weight is 194 g/mol. The summed E-state index contributed by atoms with van der Waals surface area (Å²) in [5, 5.41) is 0. The van der Waals surface area contributed by atoms with Gasteiger partial charge in [0.2, 0.25) is 0 Å². The predicted molar refractivity (Wildman–Crippen MR) is 58.2 cm³/mol. The third kappa shape index (κ3) is 3.64. The van der Waals surface area contributed by atoms with Crippen LogP contribution in [0.1, 0.15) is 27.2 Å². The molecule has 1 unspecified atom stereocenters. The molecule has 0 aromatic carbocycles. The van der Waals surface area contributed by atoms with E-state index in [0.29, 0.717) is 11.6 Å². The van der Waals surface area contributed by atoms with Crippen molar-refractivity contribution in [3.05, 3.63) is 18.5 Å². The molecule has 0 amide bonds. The molecule has 0 saturated heterocycles. The zero-order valence-corrected chi connectivity index (χ0v) is 9.03. The molecule has 0 saturated carbocycles. The first kappa shape index (κ1) is 10.8. The minimum absolute atomic E-state index is 0.207. The quantitative estimate of drug-likeness (QED) is 0.801. The highest BCUT2D eigenvalue weighted by atomic mass is 16.5. The van der Waals surface area contributed by atoms with Crippen molar-refractivity contribution in [1.29, 1.82) is 0 Å². The summed E-state index contributed by atoms with van der Waals surface area (Å²) in [6.45, 7) is 6.41. The van der Waals surface area contributed by atoms with Gasteiger partial charge in [-0.05, 0) is 19.3 Å². The highest BCUT2D eigenvalue weighted by Gasteiger charge is 2.06. The van der Waals surface area contributed by atoms with Gasteiger partial charge < -0.3 is 10.5 Å². The zero-order valence-electron chi connectivity index (χ0n) is 9.03. The summed E-state index contributed by atoms with van der Waals surface area (Å²) in [5.74, 6) is 1.39. The lowest BCUT2D eigenvalue weighted by molar-refractivity contribution is 0.192. The van der Waals surface area contributed by atoms with Gasteiger partial charge in [-0.25, -0.2) is 0 Å². The van der Waals surface area contributed by atoms with Crippen molar-refractivity contribution in [2.24, 2.45) is 5.92 Å². The van der Waals surface area contributed by atoms with Gasteiger partial charge in [0.25, 0.3) is 0 Å². The molecule has 1 aromatic rings. The molecule has 0 aliphatic heterocycles. The van der Waals surface area contributed by atoms with Crippen molar-refractivity contribution < 1.29 is 4.74 Å². The molecule has 0 fully saturated rings. The molecule has 0 bridgehead atoms. The van der Waals surface area contributed by atoms with Crippen LogP contribution in [-0.2, 0) is 0 Å². The molecule has 2 N–H and O–H groups in total. The molecule has 3 nitrogen and oxygen atoms in total. The Bertz CT molecular complexity index is 286. The van der Waals surface area contributed by atoms with Crippen LogP contribution in [0.15, 0.2) is 18.5 Å². The minimum atomic E-state index is 0.207. The first-order valence-electron chi connectivity index (χ1n) is 4.95. The summed E-state index contributed by atoms with van der Waals surface area (Å²) in [4.78, 5) is 3.97. The van der Waals surface area contributed by atoms with Gasteiger partial charge in [-0.3, -0.25) is 4.98 Å². The Balaban J connectivity index is 2.51. The van der Waals surface area contributed by atoms with Crippen LogP contribution in [0.25, 0.3) is 0 Å². The van der Waals surface area contributed by atoms with E-state index in [-0.39, 0.29) is 6.10 Å². The summed E-state index contributed by atoms with van der Waals surface area (Å²) in [7, 11) is 0. The molecule has 1 atom stereocenters. The number of rotatable bonds is 4. The lowest BCUT2D eigenvalue weighted by Crippen LogP contribution is -2.14. The molecular formula is C11H18N2O. The Morgan fingerprint density at radius 2 is 2.07 bits per heavy atom. The van der Waals surface area contributed by atoms with Crippen LogP contribution in [-0.4, -0.2) is 11.1 Å². The summed E-state index contributed by atoms with van der Waals surface area (Å²) in [5.41, 5.74) is 6.23. The molecule has 0 radical (unpaired) electrons. The molecule has 1 aromatic heterocycles. The summed E-state index contributed by atoms with van der Waals surface area (Å²) in [6.07, 6.45) is 4.54. The number of hydrogen-bond donors (Lipinski definition) is 1. The molecule has 3 heteroatoms. The Morgan fingerprint density at radius 3 is 2.64 bits per heavy atom. The van der Waals surface area contributed by atoms with E-state index in [1.54, 1.807) is 18.5 Å². The van der Waals surface area contributed by atoms with E-state index in [1.807, 2.05) is 0 Å². The highest BCUT2D eigenvalue weighted by Crippen LogP contribution is 2.16. The third-order valence-corrected chi connectivity index (χ3v) is 1.87. The van der Waals surface area contributed by atoms with Crippen LogP contribution in [0.5, 0.6) is 5.75 Å². The maximum Gasteiger partial charge on any atom is 0.140 e. The molecule has 1 heterocycles. The van der Waals surface area contributed by atoms with Crippen molar-refractivity contribution in [2.45, 2.75) is 33.3 Å². The molecule has 14 heavy (non-hydrogen) atoms. The number of hydrogen-bond acceptors (Lipinski definition) is 3. The topological polar surface area (TPSA) is 48.1 Å². The fourth-order valence-electron chi connectivity index (χ4n) is 1.44. The second-order valence-electron chi connectivity index (χ2n) is 4.01. The first-order valence-corrected chi connectivity index (χ1v) is 4.95. The van der Waals surface area contributed by atoms with Crippen molar-refractivity contribution in [3.63, 3.8) is 0 Å². The van der Waals surface area contributed by atoms with Gasteiger partial charge in [0.05, 0.1) is 24.2 Å². The molecule has 78 valence electrons. The molecule has 1 rings (SSSR count). The molecular weight excluding hydrogens is 176 g/mol. The minimum Gasteiger partial charge on any atom is -0.489 e. The van der Waals surface area contributed by atoms with Crippen LogP contribution in [0.2, 0.25) is 0 Å². The van der Waals surface area contributed by atoms with E-state index in [1.165, 1.54) is 0 Å². The highest BCUT2D eigenvalue weighted by molar-refractivity contribution is 5.39. The smallest absolute Gasteiger partial charge is 0.140 e. The van der Waals surface area contributed by atoms with Crippen LogP contribution in [0.3, 0.4) is 0 Å². The van der Waals surface area contributed by atoms with E-state index >= 15 is 0 Å². The number of nitrogens with two attached hydrogens (primary N) is 1. The van der Waals surface area contributed by atoms with Gasteiger partial charge in [-0.1, -0.05) is 13.8 Å². The average Bonchev–Trinajstić information content (AvgIpc) is 2.01. The van der Waals surface area contributed by atoms with Crippen LogP contribution >= 0.6 is 0 Å². The fraction of sp³-hybridized carbons (Fsp3) is 0.545.